The highest BCUT2D eigenvalue weighted by atomic mass is 16.5. The van der Waals surface area contributed by atoms with Crippen LogP contribution < -0.4 is 11.1 Å². The minimum Gasteiger partial charge on any atom is -0.408 e. The number of rotatable bonds is 3. The van der Waals surface area contributed by atoms with Crippen molar-refractivity contribution in [3.05, 3.63) is 34.3 Å². The SMILES string of the molecule is Cn1c(=O)oc2ccc(CCC3COCCN3)cc21. The molecule has 5 heteroatoms. The van der Waals surface area contributed by atoms with Crippen LogP contribution in [0.3, 0.4) is 0 Å². The van der Waals surface area contributed by atoms with E-state index in [9.17, 15) is 4.79 Å². The molecule has 1 unspecified atom stereocenters. The predicted octanol–water partition coefficient (Wildman–Crippen LogP) is 1.05. The first kappa shape index (κ1) is 12.4. The quantitative estimate of drug-likeness (QED) is 0.898. The Bertz CT molecular complexity index is 623. The van der Waals surface area contributed by atoms with Gasteiger partial charge in [0.1, 0.15) is 0 Å². The summed E-state index contributed by atoms with van der Waals surface area (Å²) in [5, 5.41) is 3.44. The van der Waals surface area contributed by atoms with Gasteiger partial charge in [0.2, 0.25) is 0 Å². The Morgan fingerprint density at radius 3 is 3.16 bits per heavy atom. The third kappa shape index (κ3) is 2.57. The lowest BCUT2D eigenvalue weighted by molar-refractivity contribution is 0.0743. The molecule has 1 aromatic heterocycles. The summed E-state index contributed by atoms with van der Waals surface area (Å²) in [4.78, 5) is 11.4. The smallest absolute Gasteiger partial charge is 0.408 e. The summed E-state index contributed by atoms with van der Waals surface area (Å²) in [6.07, 6.45) is 2.01. The van der Waals surface area contributed by atoms with Crippen LogP contribution in [0.2, 0.25) is 0 Å². The van der Waals surface area contributed by atoms with Crippen molar-refractivity contribution >= 4 is 11.1 Å². The highest BCUT2D eigenvalue weighted by Crippen LogP contribution is 2.16. The molecule has 3 rings (SSSR count). The molecule has 0 saturated carbocycles. The number of benzene rings is 1. The fourth-order valence-corrected chi connectivity index (χ4v) is 2.47. The molecule has 0 radical (unpaired) electrons. The van der Waals surface area contributed by atoms with Crippen LogP contribution in [-0.4, -0.2) is 30.4 Å². The van der Waals surface area contributed by atoms with Gasteiger partial charge in [-0.25, -0.2) is 4.79 Å². The summed E-state index contributed by atoms with van der Waals surface area (Å²) in [6, 6.07) is 6.35. The third-order valence-electron chi connectivity index (χ3n) is 3.64. The predicted molar refractivity (Wildman–Crippen MR) is 72.4 cm³/mol. The molecule has 19 heavy (non-hydrogen) atoms. The average molecular weight is 262 g/mol. The molecule has 1 aromatic carbocycles. The van der Waals surface area contributed by atoms with E-state index in [1.54, 1.807) is 11.6 Å². The van der Waals surface area contributed by atoms with Gasteiger partial charge in [-0.05, 0) is 30.5 Å². The van der Waals surface area contributed by atoms with Gasteiger partial charge in [0.05, 0.1) is 18.7 Å². The Labute approximate surface area is 111 Å². The van der Waals surface area contributed by atoms with Gasteiger partial charge in [0, 0.05) is 19.6 Å². The van der Waals surface area contributed by atoms with Gasteiger partial charge in [-0.3, -0.25) is 4.57 Å². The van der Waals surface area contributed by atoms with Crippen LogP contribution in [0.5, 0.6) is 0 Å². The number of hydrogen-bond acceptors (Lipinski definition) is 4. The Kier molecular flexibility index (Phi) is 3.40. The van der Waals surface area contributed by atoms with Gasteiger partial charge in [-0.15, -0.1) is 0 Å². The summed E-state index contributed by atoms with van der Waals surface area (Å²) in [5.41, 5.74) is 2.72. The zero-order chi connectivity index (χ0) is 13.2. The summed E-state index contributed by atoms with van der Waals surface area (Å²) in [5.74, 6) is -0.311. The van der Waals surface area contributed by atoms with Crippen molar-refractivity contribution in [2.75, 3.05) is 19.8 Å². The van der Waals surface area contributed by atoms with Crippen molar-refractivity contribution in [2.24, 2.45) is 7.05 Å². The minimum absolute atomic E-state index is 0.311. The number of aryl methyl sites for hydroxylation is 2. The maximum Gasteiger partial charge on any atom is 0.419 e. The van der Waals surface area contributed by atoms with Crippen LogP contribution in [0.15, 0.2) is 27.4 Å². The lowest BCUT2D eigenvalue weighted by atomic mass is 10.0. The summed E-state index contributed by atoms with van der Waals surface area (Å²) in [7, 11) is 1.73. The number of hydrogen-bond donors (Lipinski definition) is 1. The first-order chi connectivity index (χ1) is 9.24. The van der Waals surface area contributed by atoms with E-state index in [1.807, 2.05) is 18.2 Å². The van der Waals surface area contributed by atoms with Gasteiger partial charge in [0.15, 0.2) is 5.58 Å². The molecule has 0 amide bonds. The number of aromatic nitrogens is 1. The Balaban J connectivity index is 1.74. The van der Waals surface area contributed by atoms with E-state index in [0.717, 1.165) is 38.1 Å². The molecular weight excluding hydrogens is 244 g/mol. The van der Waals surface area contributed by atoms with E-state index in [4.69, 9.17) is 9.15 Å². The zero-order valence-corrected chi connectivity index (χ0v) is 11.0. The van der Waals surface area contributed by atoms with Gasteiger partial charge in [0.25, 0.3) is 0 Å². The van der Waals surface area contributed by atoms with Crippen molar-refractivity contribution in [2.45, 2.75) is 18.9 Å². The van der Waals surface area contributed by atoms with Gasteiger partial charge in [-0.2, -0.15) is 0 Å². The molecule has 1 N–H and O–H groups in total. The second-order valence-corrected chi connectivity index (χ2v) is 4.99. The van der Waals surface area contributed by atoms with Gasteiger partial charge >= 0.3 is 5.76 Å². The van der Waals surface area contributed by atoms with E-state index < -0.39 is 0 Å². The number of morpholine rings is 1. The zero-order valence-electron chi connectivity index (χ0n) is 11.0. The van der Waals surface area contributed by atoms with Crippen LogP contribution in [-0.2, 0) is 18.2 Å². The molecule has 1 saturated heterocycles. The Morgan fingerprint density at radius 1 is 1.47 bits per heavy atom. The van der Waals surface area contributed by atoms with Crippen molar-refractivity contribution in [1.29, 1.82) is 0 Å². The summed E-state index contributed by atoms with van der Waals surface area (Å²) < 4.78 is 12.1. The number of oxazole rings is 1. The molecule has 0 aliphatic carbocycles. The highest BCUT2D eigenvalue weighted by Gasteiger charge is 2.13. The van der Waals surface area contributed by atoms with Crippen molar-refractivity contribution < 1.29 is 9.15 Å². The molecule has 0 spiro atoms. The molecule has 102 valence electrons. The van der Waals surface area contributed by atoms with Crippen molar-refractivity contribution in [1.82, 2.24) is 9.88 Å². The Morgan fingerprint density at radius 2 is 2.37 bits per heavy atom. The van der Waals surface area contributed by atoms with Crippen LogP contribution >= 0.6 is 0 Å². The molecule has 1 fully saturated rings. The van der Waals surface area contributed by atoms with E-state index >= 15 is 0 Å². The molecule has 0 bridgehead atoms. The maximum absolute atomic E-state index is 11.4. The lowest BCUT2D eigenvalue weighted by Crippen LogP contribution is -2.41. The van der Waals surface area contributed by atoms with Crippen molar-refractivity contribution in [3.63, 3.8) is 0 Å². The fourth-order valence-electron chi connectivity index (χ4n) is 2.47. The first-order valence-electron chi connectivity index (χ1n) is 6.63. The molecule has 1 aliphatic rings. The molecule has 1 aliphatic heterocycles. The largest absolute Gasteiger partial charge is 0.419 e. The van der Waals surface area contributed by atoms with Crippen LogP contribution in [0.4, 0.5) is 0 Å². The molecule has 2 aromatic rings. The number of nitrogens with one attached hydrogen (secondary N) is 1. The van der Waals surface area contributed by atoms with E-state index in [2.05, 4.69) is 5.32 Å². The monoisotopic (exact) mass is 262 g/mol. The third-order valence-corrected chi connectivity index (χ3v) is 3.64. The first-order valence-corrected chi connectivity index (χ1v) is 6.63. The van der Waals surface area contributed by atoms with Crippen LogP contribution in [0.1, 0.15) is 12.0 Å². The number of fused-ring (bicyclic) bond motifs is 1. The lowest BCUT2D eigenvalue weighted by Gasteiger charge is -2.23. The standard InChI is InChI=1S/C14H18N2O3/c1-16-12-8-10(3-5-13(12)19-14(16)17)2-4-11-9-18-7-6-15-11/h3,5,8,11,15H,2,4,6-7,9H2,1H3. The molecular formula is C14H18N2O3. The highest BCUT2D eigenvalue weighted by molar-refractivity contribution is 5.73. The fraction of sp³-hybridized carbons (Fsp3) is 0.500. The normalized spacial score (nSPS) is 19.9. The Hall–Kier alpha value is -1.59. The topological polar surface area (TPSA) is 56.4 Å². The minimum atomic E-state index is -0.311. The number of nitrogens with zero attached hydrogens (tertiary/aromatic N) is 1. The van der Waals surface area contributed by atoms with Gasteiger partial charge in [-0.1, -0.05) is 6.07 Å². The van der Waals surface area contributed by atoms with E-state index in [1.165, 1.54) is 5.56 Å². The summed E-state index contributed by atoms with van der Waals surface area (Å²) in [6.45, 7) is 2.52. The number of ether oxygens (including phenoxy) is 1. The van der Waals surface area contributed by atoms with E-state index in [0.29, 0.717) is 11.6 Å². The van der Waals surface area contributed by atoms with Gasteiger partial charge < -0.3 is 14.5 Å². The van der Waals surface area contributed by atoms with Crippen LogP contribution in [0.25, 0.3) is 11.1 Å². The molecule has 2 heterocycles. The average Bonchev–Trinajstić information content (AvgIpc) is 2.73. The molecule has 1 atom stereocenters. The van der Waals surface area contributed by atoms with Crippen molar-refractivity contribution in [3.8, 4) is 0 Å². The summed E-state index contributed by atoms with van der Waals surface area (Å²) >= 11 is 0. The van der Waals surface area contributed by atoms with Crippen LogP contribution in [0, 0.1) is 0 Å². The second-order valence-electron chi connectivity index (χ2n) is 4.99. The van der Waals surface area contributed by atoms with E-state index in [-0.39, 0.29) is 5.76 Å². The second kappa shape index (κ2) is 5.19. The molecule has 5 nitrogen and oxygen atoms in total. The maximum atomic E-state index is 11.4.